The lowest BCUT2D eigenvalue weighted by Crippen LogP contribution is -2.41. The van der Waals surface area contributed by atoms with Crippen LogP contribution in [0.5, 0.6) is 0 Å². The highest BCUT2D eigenvalue weighted by molar-refractivity contribution is 5.86. The molecule has 0 bridgehead atoms. The standard InChI is InChI=1S/C19H26FNO3/c1-13(2)14(3)21-17(22)12-24-18(23)19(10-4-5-11-19)15-6-8-16(20)9-7-15/h6-9,13-14H,4-5,10-12H2,1-3H3,(H,21,22)/t14-/m0/s1. The maximum Gasteiger partial charge on any atom is 0.317 e. The van der Waals surface area contributed by atoms with Gasteiger partial charge in [0.15, 0.2) is 6.61 Å². The van der Waals surface area contributed by atoms with Crippen LogP contribution in [0.15, 0.2) is 24.3 Å². The highest BCUT2D eigenvalue weighted by Gasteiger charge is 2.44. The Hall–Kier alpha value is -1.91. The molecule has 4 nitrogen and oxygen atoms in total. The van der Waals surface area contributed by atoms with Crippen molar-refractivity contribution in [3.63, 3.8) is 0 Å². The van der Waals surface area contributed by atoms with E-state index in [9.17, 15) is 14.0 Å². The maximum absolute atomic E-state index is 13.2. The van der Waals surface area contributed by atoms with Gasteiger partial charge in [-0.1, -0.05) is 38.8 Å². The molecule has 1 N–H and O–H groups in total. The minimum Gasteiger partial charge on any atom is -0.455 e. The Balaban J connectivity index is 2.02. The van der Waals surface area contributed by atoms with Crippen LogP contribution in [-0.4, -0.2) is 24.5 Å². The maximum atomic E-state index is 13.2. The molecule has 0 radical (unpaired) electrons. The van der Waals surface area contributed by atoms with Gasteiger partial charge in [0, 0.05) is 6.04 Å². The third-order valence-electron chi connectivity index (χ3n) is 4.97. The predicted octanol–water partition coefficient (Wildman–Crippen LogP) is 3.34. The summed E-state index contributed by atoms with van der Waals surface area (Å²) in [7, 11) is 0. The van der Waals surface area contributed by atoms with Crippen molar-refractivity contribution in [3.8, 4) is 0 Å². The SMILES string of the molecule is CC(C)[C@H](C)NC(=O)COC(=O)C1(c2ccc(F)cc2)CCCC1. The number of carbonyl (C=O) groups excluding carboxylic acids is 2. The number of hydrogen-bond acceptors (Lipinski definition) is 3. The van der Waals surface area contributed by atoms with E-state index >= 15 is 0 Å². The van der Waals surface area contributed by atoms with Crippen molar-refractivity contribution in [3.05, 3.63) is 35.6 Å². The van der Waals surface area contributed by atoms with Crippen LogP contribution in [0.2, 0.25) is 0 Å². The second-order valence-corrected chi connectivity index (χ2v) is 6.97. The molecule has 5 heteroatoms. The lowest BCUT2D eigenvalue weighted by atomic mass is 9.79. The van der Waals surface area contributed by atoms with Gasteiger partial charge in [0.25, 0.3) is 5.91 Å². The van der Waals surface area contributed by atoms with Crippen molar-refractivity contribution in [2.75, 3.05) is 6.61 Å². The molecular weight excluding hydrogens is 309 g/mol. The van der Waals surface area contributed by atoms with Crippen molar-refractivity contribution in [2.45, 2.75) is 57.9 Å². The Morgan fingerprint density at radius 1 is 1.17 bits per heavy atom. The fourth-order valence-corrected chi connectivity index (χ4v) is 3.09. The molecule has 0 aliphatic heterocycles. The third kappa shape index (κ3) is 4.13. The summed E-state index contributed by atoms with van der Waals surface area (Å²) in [5, 5.41) is 2.82. The Kier molecular flexibility index (Phi) is 5.97. The molecule has 1 aromatic rings. The fourth-order valence-electron chi connectivity index (χ4n) is 3.09. The van der Waals surface area contributed by atoms with Crippen LogP contribution >= 0.6 is 0 Å². The summed E-state index contributed by atoms with van der Waals surface area (Å²) in [4.78, 5) is 24.6. The lowest BCUT2D eigenvalue weighted by Gasteiger charge is -2.27. The average molecular weight is 335 g/mol. The van der Waals surface area contributed by atoms with Crippen LogP contribution < -0.4 is 5.32 Å². The Morgan fingerprint density at radius 2 is 1.75 bits per heavy atom. The number of nitrogens with one attached hydrogen (secondary N) is 1. The molecule has 0 spiro atoms. The topological polar surface area (TPSA) is 55.4 Å². The molecule has 0 heterocycles. The number of halogens is 1. The van der Waals surface area contributed by atoms with E-state index in [0.717, 1.165) is 18.4 Å². The van der Waals surface area contributed by atoms with Gasteiger partial charge in [-0.3, -0.25) is 9.59 Å². The van der Waals surface area contributed by atoms with E-state index in [1.807, 2.05) is 20.8 Å². The van der Waals surface area contributed by atoms with E-state index in [0.29, 0.717) is 18.8 Å². The lowest BCUT2D eigenvalue weighted by molar-refractivity contribution is -0.154. The van der Waals surface area contributed by atoms with Gasteiger partial charge in [-0.15, -0.1) is 0 Å². The van der Waals surface area contributed by atoms with E-state index in [4.69, 9.17) is 4.74 Å². The van der Waals surface area contributed by atoms with Crippen LogP contribution in [0.1, 0.15) is 52.0 Å². The second-order valence-electron chi connectivity index (χ2n) is 6.97. The molecule has 132 valence electrons. The zero-order valence-corrected chi connectivity index (χ0v) is 14.6. The summed E-state index contributed by atoms with van der Waals surface area (Å²) in [6.45, 7) is 5.66. The molecule has 1 fully saturated rings. The fraction of sp³-hybridized carbons (Fsp3) is 0.579. The van der Waals surface area contributed by atoms with E-state index in [1.165, 1.54) is 12.1 Å². The van der Waals surface area contributed by atoms with Gasteiger partial charge >= 0.3 is 5.97 Å². The number of hydrogen-bond donors (Lipinski definition) is 1. The number of rotatable bonds is 6. The minimum absolute atomic E-state index is 0.0220. The minimum atomic E-state index is -0.752. The molecule has 2 rings (SSSR count). The van der Waals surface area contributed by atoms with Gasteiger partial charge in [-0.05, 0) is 43.4 Å². The van der Waals surface area contributed by atoms with Crippen LogP contribution in [0.3, 0.4) is 0 Å². The zero-order valence-electron chi connectivity index (χ0n) is 14.6. The summed E-state index contributed by atoms with van der Waals surface area (Å²) in [5.74, 6) is -0.705. The molecule has 1 aliphatic carbocycles. The Morgan fingerprint density at radius 3 is 2.29 bits per heavy atom. The van der Waals surface area contributed by atoms with Crippen molar-refractivity contribution >= 4 is 11.9 Å². The third-order valence-corrected chi connectivity index (χ3v) is 4.97. The summed E-state index contributed by atoms with van der Waals surface area (Å²) in [6.07, 6.45) is 3.18. The van der Waals surface area contributed by atoms with Crippen molar-refractivity contribution in [2.24, 2.45) is 5.92 Å². The first-order valence-corrected chi connectivity index (χ1v) is 8.58. The molecule has 1 aliphatic rings. The van der Waals surface area contributed by atoms with Crippen LogP contribution in [0.25, 0.3) is 0 Å². The van der Waals surface area contributed by atoms with Gasteiger partial charge in [-0.2, -0.15) is 0 Å². The van der Waals surface area contributed by atoms with Gasteiger partial charge in [0.1, 0.15) is 5.82 Å². The van der Waals surface area contributed by atoms with E-state index in [2.05, 4.69) is 5.32 Å². The number of carbonyl (C=O) groups is 2. The molecule has 1 amide bonds. The molecular formula is C19H26FNO3. The zero-order chi connectivity index (χ0) is 17.7. The van der Waals surface area contributed by atoms with Crippen LogP contribution in [-0.2, 0) is 19.7 Å². The molecule has 0 unspecified atom stereocenters. The highest BCUT2D eigenvalue weighted by atomic mass is 19.1. The average Bonchev–Trinajstić information content (AvgIpc) is 3.04. The van der Waals surface area contributed by atoms with Crippen LogP contribution in [0.4, 0.5) is 4.39 Å². The highest BCUT2D eigenvalue weighted by Crippen LogP contribution is 2.42. The predicted molar refractivity (Wildman–Crippen MR) is 89.9 cm³/mol. The summed E-state index contributed by atoms with van der Waals surface area (Å²) in [6, 6.07) is 6.03. The first-order chi connectivity index (χ1) is 11.3. The van der Waals surface area contributed by atoms with Gasteiger partial charge in [-0.25, -0.2) is 4.39 Å². The summed E-state index contributed by atoms with van der Waals surface area (Å²) < 4.78 is 18.5. The number of benzene rings is 1. The van der Waals surface area contributed by atoms with Crippen LogP contribution in [0, 0.1) is 11.7 Å². The molecule has 1 atom stereocenters. The molecule has 0 aromatic heterocycles. The first-order valence-electron chi connectivity index (χ1n) is 8.58. The first kappa shape index (κ1) is 18.4. The summed E-state index contributed by atoms with van der Waals surface area (Å²) >= 11 is 0. The number of amides is 1. The van der Waals surface area contributed by atoms with E-state index < -0.39 is 5.41 Å². The van der Waals surface area contributed by atoms with Crippen molar-refractivity contribution in [1.29, 1.82) is 0 Å². The molecule has 1 saturated carbocycles. The molecule has 0 saturated heterocycles. The quantitative estimate of drug-likeness (QED) is 0.811. The molecule has 24 heavy (non-hydrogen) atoms. The van der Waals surface area contributed by atoms with E-state index in [1.54, 1.807) is 12.1 Å². The van der Waals surface area contributed by atoms with E-state index in [-0.39, 0.29) is 30.3 Å². The van der Waals surface area contributed by atoms with Gasteiger partial charge in [0.2, 0.25) is 0 Å². The van der Waals surface area contributed by atoms with Gasteiger partial charge in [0.05, 0.1) is 5.41 Å². The Bertz CT molecular complexity index is 577. The smallest absolute Gasteiger partial charge is 0.317 e. The molecule has 1 aromatic carbocycles. The number of ether oxygens (including phenoxy) is 1. The van der Waals surface area contributed by atoms with Gasteiger partial charge < -0.3 is 10.1 Å². The Labute approximate surface area is 142 Å². The van der Waals surface area contributed by atoms with Crippen molar-refractivity contribution in [1.82, 2.24) is 5.32 Å². The normalized spacial score (nSPS) is 17.5. The van der Waals surface area contributed by atoms with Crippen molar-refractivity contribution < 1.29 is 18.7 Å². The summed E-state index contributed by atoms with van der Waals surface area (Å²) in [5.41, 5.74) is 0.0137. The second kappa shape index (κ2) is 7.77. The monoisotopic (exact) mass is 335 g/mol. The largest absolute Gasteiger partial charge is 0.455 e. The number of esters is 1.